The van der Waals surface area contributed by atoms with Crippen molar-refractivity contribution < 1.29 is 4.79 Å². The number of carbonyl (C=O) groups is 1. The van der Waals surface area contributed by atoms with E-state index in [1.807, 2.05) is 18.2 Å². The van der Waals surface area contributed by atoms with Crippen LogP contribution in [-0.4, -0.2) is 25.4 Å². The average Bonchev–Trinajstić information content (AvgIpc) is 3.07. The predicted molar refractivity (Wildman–Crippen MR) is 94.5 cm³/mol. The van der Waals surface area contributed by atoms with Gasteiger partial charge in [0, 0.05) is 29.6 Å². The molecule has 0 saturated carbocycles. The number of fused-ring (bicyclic) bond motifs is 1. The number of aromatic nitrogens is 4. The number of carbonyl (C=O) groups excluding carboxylic acids is 1. The van der Waals surface area contributed by atoms with Crippen molar-refractivity contribution in [3.05, 3.63) is 76.8 Å². The minimum atomic E-state index is -0.210. The van der Waals surface area contributed by atoms with Gasteiger partial charge in [-0.15, -0.1) is 0 Å². The minimum Gasteiger partial charge on any atom is -0.296 e. The Balaban J connectivity index is 1.89. The third-order valence-corrected chi connectivity index (χ3v) is 4.03. The van der Waals surface area contributed by atoms with E-state index in [0.29, 0.717) is 16.9 Å². The zero-order valence-electron chi connectivity index (χ0n) is 13.4. The van der Waals surface area contributed by atoms with Gasteiger partial charge in [0.15, 0.2) is 11.4 Å². The van der Waals surface area contributed by atoms with Crippen molar-refractivity contribution in [3.8, 4) is 22.5 Å². The first kappa shape index (κ1) is 15.0. The van der Waals surface area contributed by atoms with Crippen LogP contribution in [0.2, 0.25) is 0 Å². The van der Waals surface area contributed by atoms with Crippen LogP contribution in [0.25, 0.3) is 28.2 Å². The van der Waals surface area contributed by atoms with Crippen molar-refractivity contribution in [3.63, 3.8) is 0 Å². The fraction of sp³-hybridized carbons (Fsp3) is 0.0526. The molecule has 1 N–H and O–H groups in total. The van der Waals surface area contributed by atoms with Crippen molar-refractivity contribution in [2.24, 2.45) is 0 Å². The highest BCUT2D eigenvalue weighted by atomic mass is 16.1. The highest BCUT2D eigenvalue weighted by Gasteiger charge is 2.12. The lowest BCUT2D eigenvalue weighted by atomic mass is 10.1. The summed E-state index contributed by atoms with van der Waals surface area (Å²) in [5.74, 6) is -0.00176. The van der Waals surface area contributed by atoms with E-state index in [0.717, 1.165) is 16.8 Å². The maximum Gasteiger partial charge on any atom is 0.273 e. The number of hydrogen-bond acceptors (Lipinski definition) is 4. The third kappa shape index (κ3) is 2.63. The molecule has 0 bridgehead atoms. The van der Waals surface area contributed by atoms with Crippen LogP contribution >= 0.6 is 0 Å². The lowest BCUT2D eigenvalue weighted by Gasteiger charge is -2.04. The molecule has 4 aromatic rings. The molecule has 4 rings (SSSR count). The van der Waals surface area contributed by atoms with E-state index in [2.05, 4.69) is 15.1 Å². The first-order chi connectivity index (χ1) is 12.1. The highest BCUT2D eigenvalue weighted by Crippen LogP contribution is 2.23. The molecule has 0 amide bonds. The van der Waals surface area contributed by atoms with Crippen molar-refractivity contribution in [2.45, 2.75) is 6.92 Å². The van der Waals surface area contributed by atoms with Crippen LogP contribution in [0.5, 0.6) is 0 Å². The maximum atomic E-state index is 12.4. The molecule has 0 unspecified atom stereocenters. The molecule has 3 heterocycles. The molecule has 25 heavy (non-hydrogen) atoms. The van der Waals surface area contributed by atoms with Crippen molar-refractivity contribution in [2.75, 3.05) is 0 Å². The molecule has 3 aromatic heterocycles. The van der Waals surface area contributed by atoms with Crippen molar-refractivity contribution in [1.29, 1.82) is 0 Å². The summed E-state index contributed by atoms with van der Waals surface area (Å²) in [6.07, 6.45) is 3.41. The number of hydrogen-bond donors (Lipinski definition) is 1. The summed E-state index contributed by atoms with van der Waals surface area (Å²) < 4.78 is 1.39. The first-order valence-corrected chi connectivity index (χ1v) is 7.77. The first-order valence-electron chi connectivity index (χ1n) is 7.77. The van der Waals surface area contributed by atoms with Gasteiger partial charge >= 0.3 is 0 Å². The van der Waals surface area contributed by atoms with Crippen LogP contribution in [0.4, 0.5) is 0 Å². The molecule has 0 aliphatic heterocycles. The summed E-state index contributed by atoms with van der Waals surface area (Å²) in [5.41, 5.74) is 3.74. The third-order valence-electron chi connectivity index (χ3n) is 4.03. The van der Waals surface area contributed by atoms with Gasteiger partial charge < -0.3 is 0 Å². The van der Waals surface area contributed by atoms with Crippen LogP contribution in [0.3, 0.4) is 0 Å². The number of rotatable bonds is 3. The molecule has 6 nitrogen and oxygen atoms in total. The molecule has 0 fully saturated rings. The summed E-state index contributed by atoms with van der Waals surface area (Å²) in [5, 5.41) is 2.91. The van der Waals surface area contributed by atoms with E-state index in [1.54, 1.807) is 36.7 Å². The molecule has 0 saturated heterocycles. The Labute approximate surface area is 142 Å². The quantitative estimate of drug-likeness (QED) is 0.586. The lowest BCUT2D eigenvalue weighted by Crippen LogP contribution is -2.14. The SMILES string of the molecule is CC(=O)c1ccc(-c2cc(=O)n3[nH]cc(-c4ccccn4)c3n2)cc1. The van der Waals surface area contributed by atoms with E-state index < -0.39 is 0 Å². The van der Waals surface area contributed by atoms with E-state index in [1.165, 1.54) is 17.5 Å². The molecule has 122 valence electrons. The number of H-pyrrole nitrogens is 1. The Bertz CT molecular complexity index is 1130. The Morgan fingerprint density at radius 2 is 1.88 bits per heavy atom. The zero-order valence-corrected chi connectivity index (χ0v) is 13.4. The Morgan fingerprint density at radius 3 is 2.56 bits per heavy atom. The normalized spacial score (nSPS) is 10.9. The number of Topliss-reactive ketones (excluding diaryl/α,β-unsaturated/α-hetero) is 1. The van der Waals surface area contributed by atoms with Crippen LogP contribution in [0.1, 0.15) is 17.3 Å². The van der Waals surface area contributed by atoms with Gasteiger partial charge in [-0.2, -0.15) is 0 Å². The second kappa shape index (κ2) is 5.83. The van der Waals surface area contributed by atoms with Gasteiger partial charge in [0.25, 0.3) is 5.56 Å². The molecule has 6 heteroatoms. The summed E-state index contributed by atoms with van der Waals surface area (Å²) >= 11 is 0. The summed E-state index contributed by atoms with van der Waals surface area (Å²) in [6.45, 7) is 1.52. The fourth-order valence-electron chi connectivity index (χ4n) is 2.72. The topological polar surface area (TPSA) is 80.1 Å². The Kier molecular flexibility index (Phi) is 3.50. The number of nitrogens with zero attached hydrogens (tertiary/aromatic N) is 3. The second-order valence-corrected chi connectivity index (χ2v) is 5.67. The van der Waals surface area contributed by atoms with Gasteiger partial charge in [0.05, 0.1) is 17.0 Å². The zero-order chi connectivity index (χ0) is 17.4. The predicted octanol–water partition coefficient (Wildman–Crippen LogP) is 2.95. The number of pyridine rings is 1. The molecule has 0 aliphatic rings. The molecule has 1 aromatic carbocycles. The van der Waals surface area contributed by atoms with E-state index in [4.69, 9.17) is 0 Å². The van der Waals surface area contributed by atoms with E-state index in [-0.39, 0.29) is 11.3 Å². The van der Waals surface area contributed by atoms with Crippen LogP contribution in [0, 0.1) is 0 Å². The number of ketones is 1. The molecule has 0 spiro atoms. The van der Waals surface area contributed by atoms with Gasteiger partial charge in [-0.1, -0.05) is 30.3 Å². The average molecular weight is 330 g/mol. The van der Waals surface area contributed by atoms with Gasteiger partial charge in [-0.05, 0) is 19.1 Å². The lowest BCUT2D eigenvalue weighted by molar-refractivity contribution is 0.101. The van der Waals surface area contributed by atoms with Gasteiger partial charge in [0.2, 0.25) is 0 Å². The van der Waals surface area contributed by atoms with Gasteiger partial charge in [-0.25, -0.2) is 9.50 Å². The van der Waals surface area contributed by atoms with E-state index >= 15 is 0 Å². The summed E-state index contributed by atoms with van der Waals surface area (Å²) in [7, 11) is 0. The van der Waals surface area contributed by atoms with Gasteiger partial charge in [0.1, 0.15) is 0 Å². The fourth-order valence-corrected chi connectivity index (χ4v) is 2.72. The van der Waals surface area contributed by atoms with Crippen molar-refractivity contribution in [1.82, 2.24) is 19.6 Å². The van der Waals surface area contributed by atoms with Crippen LogP contribution in [-0.2, 0) is 0 Å². The number of benzene rings is 1. The Morgan fingerprint density at radius 1 is 1.08 bits per heavy atom. The molecular formula is C19H14N4O2. The largest absolute Gasteiger partial charge is 0.296 e. The standard InChI is InChI=1S/C19H14N4O2/c1-12(24)13-5-7-14(8-6-13)17-10-18(25)23-19(22-17)15(11-21-23)16-4-2-3-9-20-16/h2-11,21H,1H3. The summed E-state index contributed by atoms with van der Waals surface area (Å²) in [6, 6.07) is 14.1. The van der Waals surface area contributed by atoms with Gasteiger partial charge in [-0.3, -0.25) is 19.7 Å². The molecular weight excluding hydrogens is 316 g/mol. The van der Waals surface area contributed by atoms with Crippen molar-refractivity contribution >= 4 is 11.4 Å². The summed E-state index contributed by atoms with van der Waals surface area (Å²) in [4.78, 5) is 32.8. The molecule has 0 aliphatic carbocycles. The van der Waals surface area contributed by atoms with Crippen LogP contribution < -0.4 is 5.56 Å². The maximum absolute atomic E-state index is 12.4. The van der Waals surface area contributed by atoms with E-state index in [9.17, 15) is 9.59 Å². The van der Waals surface area contributed by atoms with Crippen LogP contribution in [0.15, 0.2) is 65.7 Å². The monoisotopic (exact) mass is 330 g/mol. The minimum absolute atomic E-state index is 0.00176. The smallest absolute Gasteiger partial charge is 0.273 e. The number of aromatic amines is 1. The number of nitrogens with one attached hydrogen (secondary N) is 1. The highest BCUT2D eigenvalue weighted by molar-refractivity contribution is 5.94. The molecule has 0 atom stereocenters. The Hall–Kier alpha value is -3.54. The molecule has 0 radical (unpaired) electrons. The second-order valence-electron chi connectivity index (χ2n) is 5.67.